The first kappa shape index (κ1) is 19.1. The van der Waals surface area contributed by atoms with Crippen LogP contribution in [0.15, 0.2) is 62.8 Å². The normalized spacial score (nSPS) is 16.4. The van der Waals surface area contributed by atoms with Gasteiger partial charge in [0.15, 0.2) is 16.7 Å². The molecule has 30 heavy (non-hydrogen) atoms. The fraction of sp³-hybridized carbons (Fsp3) is 0.286. The summed E-state index contributed by atoms with van der Waals surface area (Å²) in [5.74, 6) is 2.21. The summed E-state index contributed by atoms with van der Waals surface area (Å²) >= 11 is 1.52. The van der Waals surface area contributed by atoms with E-state index in [9.17, 15) is 4.39 Å². The van der Waals surface area contributed by atoms with Crippen molar-refractivity contribution in [2.45, 2.75) is 36.4 Å². The number of furan rings is 1. The Kier molecular flexibility index (Phi) is 5.37. The van der Waals surface area contributed by atoms with Crippen LogP contribution >= 0.6 is 11.8 Å². The molecule has 7 nitrogen and oxygen atoms in total. The minimum Gasteiger partial charge on any atom is -0.461 e. The summed E-state index contributed by atoms with van der Waals surface area (Å²) in [5, 5.41) is 13.6. The Bertz CT molecular complexity index is 1100. The fourth-order valence-electron chi connectivity index (χ4n) is 3.42. The van der Waals surface area contributed by atoms with Crippen molar-refractivity contribution in [1.29, 1.82) is 0 Å². The first-order valence-corrected chi connectivity index (χ1v) is 10.7. The van der Waals surface area contributed by atoms with Gasteiger partial charge in [-0.05, 0) is 49.2 Å². The second kappa shape index (κ2) is 8.45. The van der Waals surface area contributed by atoms with Crippen molar-refractivity contribution in [3.63, 3.8) is 0 Å². The zero-order chi connectivity index (χ0) is 20.3. The van der Waals surface area contributed by atoms with E-state index in [0.29, 0.717) is 29.6 Å². The molecule has 5 rings (SSSR count). The van der Waals surface area contributed by atoms with E-state index in [1.807, 2.05) is 16.7 Å². The molecule has 0 radical (unpaired) electrons. The molecule has 4 heterocycles. The van der Waals surface area contributed by atoms with Crippen molar-refractivity contribution in [2.75, 3.05) is 6.61 Å². The molecule has 4 aromatic rings. The van der Waals surface area contributed by atoms with Crippen molar-refractivity contribution in [2.24, 2.45) is 0 Å². The smallest absolute Gasteiger partial charge is 0.202 e. The maximum Gasteiger partial charge on any atom is 0.202 e. The molecule has 1 aliphatic rings. The molecule has 0 amide bonds. The number of hydrogen-bond donors (Lipinski definition) is 0. The second-order valence-corrected chi connectivity index (χ2v) is 7.95. The van der Waals surface area contributed by atoms with E-state index in [2.05, 4.69) is 15.4 Å². The average Bonchev–Trinajstić information content (AvgIpc) is 3.55. The van der Waals surface area contributed by atoms with Crippen LogP contribution in [0.2, 0.25) is 0 Å². The first-order valence-electron chi connectivity index (χ1n) is 9.69. The van der Waals surface area contributed by atoms with Crippen molar-refractivity contribution >= 4 is 11.8 Å². The minimum atomic E-state index is -0.281. The quantitative estimate of drug-likeness (QED) is 0.393. The molecular weight excluding hydrogens is 407 g/mol. The molecule has 1 atom stereocenters. The van der Waals surface area contributed by atoms with E-state index >= 15 is 0 Å². The van der Waals surface area contributed by atoms with E-state index in [4.69, 9.17) is 13.7 Å². The Balaban J connectivity index is 1.37. The lowest BCUT2D eigenvalue weighted by atomic mass is 10.2. The largest absolute Gasteiger partial charge is 0.461 e. The van der Waals surface area contributed by atoms with E-state index in [1.165, 1.54) is 23.9 Å². The molecule has 0 N–H and O–H groups in total. The van der Waals surface area contributed by atoms with Crippen LogP contribution in [-0.2, 0) is 17.0 Å². The molecule has 0 saturated carbocycles. The molecule has 1 aliphatic heterocycles. The molecule has 0 spiro atoms. The van der Waals surface area contributed by atoms with Crippen LogP contribution in [0.5, 0.6) is 0 Å². The highest BCUT2D eigenvalue weighted by Gasteiger charge is 2.22. The lowest BCUT2D eigenvalue weighted by molar-refractivity contribution is 0.0953. The minimum absolute atomic E-state index is 0.122. The molecule has 1 fully saturated rings. The van der Waals surface area contributed by atoms with E-state index in [1.54, 1.807) is 24.5 Å². The number of aromatic nitrogens is 4. The predicted octanol–water partition coefficient (Wildman–Crippen LogP) is 4.80. The molecule has 9 heteroatoms. The van der Waals surface area contributed by atoms with E-state index < -0.39 is 0 Å². The summed E-state index contributed by atoms with van der Waals surface area (Å²) in [6.07, 6.45) is 3.77. The Morgan fingerprint density at radius 3 is 2.80 bits per heavy atom. The second-order valence-electron chi connectivity index (χ2n) is 7.01. The topological polar surface area (TPSA) is 79.1 Å². The summed E-state index contributed by atoms with van der Waals surface area (Å²) in [4.78, 5) is 0. The van der Waals surface area contributed by atoms with Gasteiger partial charge in [0.1, 0.15) is 5.82 Å². The SMILES string of the molecule is Fc1ccc(-c2nnc(SCc3cc(-c4ccco4)on3)n2C[C@H]2CCCO2)cc1. The van der Waals surface area contributed by atoms with Crippen LogP contribution in [0.3, 0.4) is 0 Å². The third kappa shape index (κ3) is 4.03. The third-order valence-corrected chi connectivity index (χ3v) is 5.90. The Hall–Kier alpha value is -2.91. The van der Waals surface area contributed by atoms with Crippen LogP contribution in [0.25, 0.3) is 22.9 Å². The Morgan fingerprint density at radius 1 is 1.13 bits per heavy atom. The third-order valence-electron chi connectivity index (χ3n) is 4.90. The lowest BCUT2D eigenvalue weighted by Crippen LogP contribution is -2.16. The maximum absolute atomic E-state index is 13.4. The van der Waals surface area contributed by atoms with Gasteiger partial charge in [-0.3, -0.25) is 4.57 Å². The zero-order valence-electron chi connectivity index (χ0n) is 16.0. The van der Waals surface area contributed by atoms with Gasteiger partial charge in [-0.2, -0.15) is 0 Å². The summed E-state index contributed by atoms with van der Waals surface area (Å²) in [5.41, 5.74) is 1.59. The van der Waals surface area contributed by atoms with Gasteiger partial charge in [0, 0.05) is 24.0 Å². The summed E-state index contributed by atoms with van der Waals surface area (Å²) in [6.45, 7) is 1.42. The molecule has 0 bridgehead atoms. The standard InChI is InChI=1S/C21H19FN4O3S/c22-15-7-5-14(6-8-15)20-23-24-21(26(20)12-17-3-1-9-27-17)30-13-16-11-19(29-25-16)18-4-2-10-28-18/h2,4-8,10-11,17H,1,3,9,12-13H2/t17-/m1/s1. The van der Waals surface area contributed by atoms with E-state index in [0.717, 1.165) is 35.9 Å². The highest BCUT2D eigenvalue weighted by atomic mass is 32.2. The monoisotopic (exact) mass is 426 g/mol. The summed E-state index contributed by atoms with van der Waals surface area (Å²) < 4.78 is 31.9. The van der Waals surface area contributed by atoms with Gasteiger partial charge >= 0.3 is 0 Å². The Labute approximate surface area is 176 Å². The highest BCUT2D eigenvalue weighted by Crippen LogP contribution is 2.29. The maximum atomic E-state index is 13.4. The number of nitrogens with zero attached hydrogens (tertiary/aromatic N) is 4. The summed E-state index contributed by atoms with van der Waals surface area (Å²) in [6, 6.07) is 11.8. The molecule has 1 saturated heterocycles. The number of hydrogen-bond acceptors (Lipinski definition) is 7. The van der Waals surface area contributed by atoms with Crippen LogP contribution < -0.4 is 0 Å². The number of thioether (sulfide) groups is 1. The van der Waals surface area contributed by atoms with Crippen molar-refractivity contribution in [3.05, 3.63) is 60.2 Å². The summed E-state index contributed by atoms with van der Waals surface area (Å²) in [7, 11) is 0. The van der Waals surface area contributed by atoms with Gasteiger partial charge in [0.2, 0.25) is 5.76 Å². The van der Waals surface area contributed by atoms with Gasteiger partial charge in [-0.1, -0.05) is 16.9 Å². The molecular formula is C21H19FN4O3S. The van der Waals surface area contributed by atoms with Crippen LogP contribution in [-0.4, -0.2) is 32.6 Å². The lowest BCUT2D eigenvalue weighted by Gasteiger charge is -2.14. The van der Waals surface area contributed by atoms with Crippen molar-refractivity contribution in [3.8, 4) is 22.9 Å². The molecule has 0 aliphatic carbocycles. The van der Waals surface area contributed by atoms with Gasteiger partial charge in [-0.15, -0.1) is 10.2 Å². The fourth-order valence-corrected chi connectivity index (χ4v) is 4.25. The number of benzene rings is 1. The average molecular weight is 426 g/mol. The van der Waals surface area contributed by atoms with Crippen LogP contribution in [0, 0.1) is 5.82 Å². The van der Waals surface area contributed by atoms with Crippen molar-refractivity contribution in [1.82, 2.24) is 19.9 Å². The Morgan fingerprint density at radius 2 is 2.03 bits per heavy atom. The van der Waals surface area contributed by atoms with Crippen molar-refractivity contribution < 1.29 is 18.1 Å². The van der Waals surface area contributed by atoms with Gasteiger partial charge in [0.25, 0.3) is 0 Å². The number of halogens is 1. The highest BCUT2D eigenvalue weighted by molar-refractivity contribution is 7.98. The molecule has 0 unspecified atom stereocenters. The molecule has 3 aromatic heterocycles. The zero-order valence-corrected chi connectivity index (χ0v) is 16.8. The first-order chi connectivity index (χ1) is 14.8. The van der Waals surface area contributed by atoms with Crippen LogP contribution in [0.1, 0.15) is 18.5 Å². The molecule has 1 aromatic carbocycles. The number of rotatable bonds is 7. The van der Waals surface area contributed by atoms with E-state index in [-0.39, 0.29) is 11.9 Å². The van der Waals surface area contributed by atoms with Gasteiger partial charge in [-0.25, -0.2) is 4.39 Å². The molecule has 154 valence electrons. The van der Waals surface area contributed by atoms with Crippen LogP contribution in [0.4, 0.5) is 4.39 Å². The number of ether oxygens (including phenoxy) is 1. The van der Waals surface area contributed by atoms with Gasteiger partial charge in [0.05, 0.1) is 24.6 Å². The predicted molar refractivity (Wildman–Crippen MR) is 108 cm³/mol. The van der Waals surface area contributed by atoms with Gasteiger partial charge < -0.3 is 13.7 Å².